The molecular weight excluding hydrogens is 425 g/mol. The Kier molecular flexibility index (Phi) is 5.66. The van der Waals surface area contributed by atoms with Gasteiger partial charge in [0, 0.05) is 11.1 Å². The van der Waals surface area contributed by atoms with E-state index in [1.807, 2.05) is 36.4 Å². The zero-order valence-corrected chi connectivity index (χ0v) is 17.5. The lowest BCUT2D eigenvalue weighted by Crippen LogP contribution is -2.26. The Morgan fingerprint density at radius 1 is 0.967 bits per heavy atom. The van der Waals surface area contributed by atoms with Crippen molar-refractivity contribution in [2.75, 3.05) is 11.9 Å². The number of esters is 1. The highest BCUT2D eigenvalue weighted by Gasteiger charge is 2.33. The van der Waals surface area contributed by atoms with E-state index in [2.05, 4.69) is 5.32 Å². The number of ether oxygens (including phenoxy) is 2. The number of rotatable bonds is 4. The van der Waals surface area contributed by atoms with E-state index in [-0.39, 0.29) is 0 Å². The number of halogens is 2. The smallest absolute Gasteiger partial charge is 0.318 e. The molecule has 4 rings (SSSR count). The first-order valence-electron chi connectivity index (χ1n) is 9.22. The van der Waals surface area contributed by atoms with Crippen molar-refractivity contribution in [1.82, 2.24) is 0 Å². The molecule has 0 spiro atoms. The number of benzene rings is 3. The number of carbonyl (C=O) groups excluding carboxylic acids is 2. The van der Waals surface area contributed by atoms with Gasteiger partial charge in [-0.1, -0.05) is 65.7 Å². The molecule has 0 aliphatic carbocycles. The molecule has 3 aromatic carbocycles. The lowest BCUT2D eigenvalue weighted by molar-refractivity contribution is -0.148. The summed E-state index contributed by atoms with van der Waals surface area (Å²) >= 11 is 12.3. The highest BCUT2D eigenvalue weighted by Crippen LogP contribution is 2.44. The molecule has 0 bridgehead atoms. The third-order valence-corrected chi connectivity index (χ3v) is 5.61. The number of carbonyl (C=O) groups is 2. The Labute approximate surface area is 183 Å². The highest BCUT2D eigenvalue weighted by molar-refractivity contribution is 6.40. The molecule has 7 heteroatoms. The van der Waals surface area contributed by atoms with Gasteiger partial charge in [-0.15, -0.1) is 0 Å². The minimum atomic E-state index is -0.690. The summed E-state index contributed by atoms with van der Waals surface area (Å²) in [5, 5.41) is 3.26. The van der Waals surface area contributed by atoms with Crippen LogP contribution in [0.15, 0.2) is 60.7 Å². The second kappa shape index (κ2) is 8.38. The van der Waals surface area contributed by atoms with Crippen LogP contribution in [0.4, 0.5) is 5.69 Å². The molecule has 0 unspecified atom stereocenters. The first kappa shape index (κ1) is 20.3. The van der Waals surface area contributed by atoms with Crippen molar-refractivity contribution in [3.8, 4) is 11.5 Å². The van der Waals surface area contributed by atoms with E-state index in [9.17, 15) is 9.59 Å². The van der Waals surface area contributed by atoms with E-state index in [0.717, 1.165) is 5.56 Å². The van der Waals surface area contributed by atoms with E-state index in [0.29, 0.717) is 38.4 Å². The summed E-state index contributed by atoms with van der Waals surface area (Å²) in [5.74, 6) is -0.604. The Morgan fingerprint density at radius 3 is 2.20 bits per heavy atom. The number of para-hydroxylation sites is 2. The predicted octanol–water partition coefficient (Wildman–Crippen LogP) is 5.72. The second-order valence-electron chi connectivity index (χ2n) is 6.82. The van der Waals surface area contributed by atoms with Gasteiger partial charge in [0.15, 0.2) is 6.61 Å². The van der Waals surface area contributed by atoms with Crippen molar-refractivity contribution in [3.63, 3.8) is 0 Å². The SMILES string of the molecule is Cc1ccc(Cl)c(NC(=O)COC(=O)C2c3ccccc3Oc3ccccc32)c1Cl. The topological polar surface area (TPSA) is 64.6 Å². The third-order valence-electron chi connectivity index (χ3n) is 4.81. The van der Waals surface area contributed by atoms with Gasteiger partial charge in [0.2, 0.25) is 0 Å². The van der Waals surface area contributed by atoms with Gasteiger partial charge >= 0.3 is 5.97 Å². The van der Waals surface area contributed by atoms with E-state index in [1.54, 1.807) is 31.2 Å². The minimum Gasteiger partial charge on any atom is -0.457 e. The molecule has 1 amide bonds. The molecule has 0 radical (unpaired) electrons. The molecule has 1 N–H and O–H groups in total. The Morgan fingerprint density at radius 2 is 1.57 bits per heavy atom. The lowest BCUT2D eigenvalue weighted by Gasteiger charge is -2.26. The molecular formula is C23H17Cl2NO4. The predicted molar refractivity (Wildman–Crippen MR) is 116 cm³/mol. The zero-order valence-electron chi connectivity index (χ0n) is 15.9. The molecule has 0 saturated carbocycles. The highest BCUT2D eigenvalue weighted by atomic mass is 35.5. The number of anilines is 1. The summed E-state index contributed by atoms with van der Waals surface area (Å²) in [6.45, 7) is 1.33. The molecule has 0 atom stereocenters. The first-order chi connectivity index (χ1) is 14.5. The lowest BCUT2D eigenvalue weighted by atomic mass is 9.88. The molecule has 0 saturated heterocycles. The molecule has 1 heterocycles. The van der Waals surface area contributed by atoms with Crippen LogP contribution < -0.4 is 10.1 Å². The van der Waals surface area contributed by atoms with Crippen LogP contribution in [0.5, 0.6) is 11.5 Å². The number of fused-ring (bicyclic) bond motifs is 2. The molecule has 0 fully saturated rings. The summed E-state index contributed by atoms with van der Waals surface area (Å²) in [6.07, 6.45) is 0. The maximum absolute atomic E-state index is 13.0. The molecule has 1 aliphatic heterocycles. The van der Waals surface area contributed by atoms with Gasteiger partial charge in [0.05, 0.1) is 15.7 Å². The number of amides is 1. The summed E-state index contributed by atoms with van der Waals surface area (Å²) < 4.78 is 11.2. The summed E-state index contributed by atoms with van der Waals surface area (Å²) in [5.41, 5.74) is 2.43. The fraction of sp³-hybridized carbons (Fsp3) is 0.130. The van der Waals surface area contributed by atoms with E-state index < -0.39 is 24.4 Å². The fourth-order valence-electron chi connectivity index (χ4n) is 3.33. The maximum Gasteiger partial charge on any atom is 0.318 e. The van der Waals surface area contributed by atoms with Crippen molar-refractivity contribution in [3.05, 3.63) is 87.4 Å². The minimum absolute atomic E-state index is 0.293. The monoisotopic (exact) mass is 441 g/mol. The van der Waals surface area contributed by atoms with Gasteiger partial charge in [-0.2, -0.15) is 0 Å². The average Bonchev–Trinajstić information content (AvgIpc) is 2.76. The van der Waals surface area contributed by atoms with Gasteiger partial charge in [-0.3, -0.25) is 9.59 Å². The van der Waals surface area contributed by atoms with Crippen LogP contribution in [0.1, 0.15) is 22.6 Å². The van der Waals surface area contributed by atoms with Gasteiger partial charge < -0.3 is 14.8 Å². The Hall–Kier alpha value is -3.02. The normalized spacial score (nSPS) is 12.4. The van der Waals surface area contributed by atoms with Gasteiger partial charge in [0.1, 0.15) is 17.4 Å². The number of nitrogens with one attached hydrogen (secondary N) is 1. The van der Waals surface area contributed by atoms with E-state index >= 15 is 0 Å². The quantitative estimate of drug-likeness (QED) is 0.525. The molecule has 152 valence electrons. The number of hydrogen-bond acceptors (Lipinski definition) is 4. The number of hydrogen-bond donors (Lipinski definition) is 1. The number of aryl methyl sites for hydroxylation is 1. The van der Waals surface area contributed by atoms with Crippen molar-refractivity contribution >= 4 is 40.8 Å². The van der Waals surface area contributed by atoms with Crippen molar-refractivity contribution in [2.24, 2.45) is 0 Å². The maximum atomic E-state index is 13.0. The zero-order chi connectivity index (χ0) is 21.3. The second-order valence-corrected chi connectivity index (χ2v) is 7.61. The van der Waals surface area contributed by atoms with E-state index in [4.69, 9.17) is 32.7 Å². The molecule has 30 heavy (non-hydrogen) atoms. The largest absolute Gasteiger partial charge is 0.457 e. The van der Waals surface area contributed by atoms with Crippen LogP contribution in [0, 0.1) is 6.92 Å². The molecule has 5 nitrogen and oxygen atoms in total. The Balaban J connectivity index is 1.51. The fourth-order valence-corrected chi connectivity index (χ4v) is 3.80. The van der Waals surface area contributed by atoms with Crippen LogP contribution in [0.25, 0.3) is 0 Å². The molecule has 0 aromatic heterocycles. The van der Waals surface area contributed by atoms with Crippen LogP contribution in [0.3, 0.4) is 0 Å². The van der Waals surface area contributed by atoms with Gasteiger partial charge in [-0.25, -0.2) is 0 Å². The Bertz CT molecular complexity index is 1100. The molecule has 3 aromatic rings. The van der Waals surface area contributed by atoms with Crippen LogP contribution >= 0.6 is 23.2 Å². The van der Waals surface area contributed by atoms with Gasteiger partial charge in [-0.05, 0) is 30.7 Å². The van der Waals surface area contributed by atoms with Gasteiger partial charge in [0.25, 0.3) is 5.91 Å². The summed E-state index contributed by atoms with van der Waals surface area (Å²) in [4.78, 5) is 25.3. The van der Waals surface area contributed by atoms with Crippen molar-refractivity contribution < 1.29 is 19.1 Å². The van der Waals surface area contributed by atoms with E-state index in [1.165, 1.54) is 0 Å². The van der Waals surface area contributed by atoms with Crippen LogP contribution in [-0.4, -0.2) is 18.5 Å². The standard InChI is InChI=1S/C23H17Cl2NO4/c1-13-10-11-16(24)22(21(13)25)26-19(27)12-29-23(28)20-14-6-2-4-8-17(14)30-18-9-5-3-7-15(18)20/h2-11,20H,12H2,1H3,(H,26,27). The van der Waals surface area contributed by atoms with Crippen molar-refractivity contribution in [1.29, 1.82) is 0 Å². The van der Waals surface area contributed by atoms with Crippen LogP contribution in [0.2, 0.25) is 10.0 Å². The first-order valence-corrected chi connectivity index (χ1v) is 9.98. The van der Waals surface area contributed by atoms with Crippen molar-refractivity contribution in [2.45, 2.75) is 12.8 Å². The summed E-state index contributed by atoms with van der Waals surface area (Å²) in [6, 6.07) is 17.9. The average molecular weight is 442 g/mol. The third kappa shape index (κ3) is 3.86. The summed E-state index contributed by atoms with van der Waals surface area (Å²) in [7, 11) is 0. The van der Waals surface area contributed by atoms with Crippen LogP contribution in [-0.2, 0) is 14.3 Å². The molecule has 1 aliphatic rings.